The Morgan fingerprint density at radius 3 is 2.64 bits per heavy atom. The van der Waals surface area contributed by atoms with Gasteiger partial charge in [-0.15, -0.1) is 0 Å². The lowest BCUT2D eigenvalue weighted by Crippen LogP contribution is -2.33. The minimum absolute atomic E-state index is 0.159. The average molecular weight is 460 g/mol. The highest BCUT2D eigenvalue weighted by Gasteiger charge is 2.24. The van der Waals surface area contributed by atoms with Gasteiger partial charge in [-0.3, -0.25) is 9.78 Å². The fourth-order valence-corrected chi connectivity index (χ4v) is 3.67. The number of pyridine rings is 1. The molecular formula is C25H19ClFN5O. The summed E-state index contributed by atoms with van der Waals surface area (Å²) in [5, 5.41) is 14.0. The molecule has 0 aliphatic heterocycles. The number of hydrogen-bond acceptors (Lipinski definition) is 4. The van der Waals surface area contributed by atoms with Crippen molar-refractivity contribution in [3.05, 3.63) is 101 Å². The predicted molar refractivity (Wildman–Crippen MR) is 123 cm³/mol. The summed E-state index contributed by atoms with van der Waals surface area (Å²) in [6.07, 6.45) is 3.48. The third-order valence-corrected chi connectivity index (χ3v) is 5.36. The lowest BCUT2D eigenvalue weighted by molar-refractivity contribution is 0.0737. The minimum atomic E-state index is -0.447. The number of carbonyl (C=O) groups excluding carboxylic acids is 1. The number of halogens is 2. The molecule has 4 rings (SSSR count). The molecule has 2 aromatic heterocycles. The normalized spacial score (nSPS) is 10.6. The Morgan fingerprint density at radius 2 is 1.91 bits per heavy atom. The number of para-hydroxylation sites is 1. The van der Waals surface area contributed by atoms with Crippen molar-refractivity contribution in [2.24, 2.45) is 0 Å². The van der Waals surface area contributed by atoms with E-state index in [1.807, 2.05) is 6.07 Å². The zero-order valence-corrected chi connectivity index (χ0v) is 18.3. The molecule has 0 spiro atoms. The number of rotatable bonds is 7. The Kier molecular flexibility index (Phi) is 6.77. The summed E-state index contributed by atoms with van der Waals surface area (Å²) in [7, 11) is 0. The highest BCUT2D eigenvalue weighted by atomic mass is 35.5. The molecule has 0 aliphatic carbocycles. The Morgan fingerprint density at radius 1 is 1.12 bits per heavy atom. The summed E-state index contributed by atoms with van der Waals surface area (Å²) in [5.41, 5.74) is 2.10. The second-order valence-electron chi connectivity index (χ2n) is 7.25. The quantitative estimate of drug-likeness (QED) is 0.376. The standard InChI is InChI=1S/C25H19ClFN5O/c26-20-9-2-4-11-23(20)32-24(15-22(30-32)19-8-1-3-10-21(19)27)25(33)31(14-6-12-28)17-18-7-5-13-29-16-18/h1-5,7-11,13,15-16H,6,14,17H2. The lowest BCUT2D eigenvalue weighted by Gasteiger charge is -2.22. The maximum absolute atomic E-state index is 14.5. The third kappa shape index (κ3) is 4.92. The van der Waals surface area contributed by atoms with Crippen molar-refractivity contribution in [2.75, 3.05) is 6.54 Å². The first-order chi connectivity index (χ1) is 16.1. The van der Waals surface area contributed by atoms with Crippen molar-refractivity contribution in [2.45, 2.75) is 13.0 Å². The summed E-state index contributed by atoms with van der Waals surface area (Å²) >= 11 is 6.40. The summed E-state index contributed by atoms with van der Waals surface area (Å²) in [4.78, 5) is 19.3. The van der Waals surface area contributed by atoms with Gasteiger partial charge in [-0.25, -0.2) is 9.07 Å². The maximum Gasteiger partial charge on any atom is 0.272 e. The van der Waals surface area contributed by atoms with Crippen LogP contribution in [0.15, 0.2) is 79.1 Å². The molecule has 0 bridgehead atoms. The van der Waals surface area contributed by atoms with E-state index in [1.165, 1.54) is 10.7 Å². The topological polar surface area (TPSA) is 74.8 Å². The number of amides is 1. The van der Waals surface area contributed by atoms with Gasteiger partial charge in [0.1, 0.15) is 11.5 Å². The zero-order valence-electron chi connectivity index (χ0n) is 17.5. The Labute approximate surface area is 195 Å². The van der Waals surface area contributed by atoms with Crippen LogP contribution in [0.5, 0.6) is 0 Å². The molecule has 0 saturated heterocycles. The minimum Gasteiger partial charge on any atom is -0.332 e. The molecule has 0 saturated carbocycles. The molecule has 0 N–H and O–H groups in total. The van der Waals surface area contributed by atoms with E-state index in [0.29, 0.717) is 16.4 Å². The van der Waals surface area contributed by atoms with Crippen LogP contribution in [0, 0.1) is 17.1 Å². The summed E-state index contributed by atoms with van der Waals surface area (Å²) in [5.74, 6) is -0.805. The van der Waals surface area contributed by atoms with Gasteiger partial charge in [-0.05, 0) is 42.0 Å². The van der Waals surface area contributed by atoms with Gasteiger partial charge >= 0.3 is 0 Å². The van der Waals surface area contributed by atoms with Gasteiger partial charge in [0, 0.05) is 31.0 Å². The molecule has 33 heavy (non-hydrogen) atoms. The van der Waals surface area contributed by atoms with Gasteiger partial charge in [-0.1, -0.05) is 41.9 Å². The summed E-state index contributed by atoms with van der Waals surface area (Å²) in [6.45, 7) is 0.476. The number of hydrogen-bond donors (Lipinski definition) is 0. The second-order valence-corrected chi connectivity index (χ2v) is 7.66. The first kappa shape index (κ1) is 22.2. The predicted octanol–water partition coefficient (Wildman–Crippen LogP) is 5.28. The number of nitriles is 1. The highest BCUT2D eigenvalue weighted by Crippen LogP contribution is 2.28. The van der Waals surface area contributed by atoms with Crippen LogP contribution in [0.3, 0.4) is 0 Å². The van der Waals surface area contributed by atoms with Gasteiger partial charge < -0.3 is 4.90 Å². The van der Waals surface area contributed by atoms with Crippen molar-refractivity contribution in [1.29, 1.82) is 5.26 Å². The fraction of sp³-hybridized carbons (Fsp3) is 0.120. The van der Waals surface area contributed by atoms with Crippen LogP contribution in [0.2, 0.25) is 5.02 Å². The van der Waals surface area contributed by atoms with E-state index in [-0.39, 0.29) is 36.7 Å². The van der Waals surface area contributed by atoms with E-state index in [2.05, 4.69) is 16.2 Å². The van der Waals surface area contributed by atoms with Gasteiger partial charge in [0.05, 0.1) is 28.9 Å². The molecule has 0 unspecified atom stereocenters. The van der Waals surface area contributed by atoms with Crippen LogP contribution in [-0.2, 0) is 6.54 Å². The molecule has 164 valence electrons. The number of benzene rings is 2. The van der Waals surface area contributed by atoms with E-state index < -0.39 is 5.82 Å². The van der Waals surface area contributed by atoms with Gasteiger partial charge in [0.2, 0.25) is 0 Å². The number of aromatic nitrogens is 3. The first-order valence-electron chi connectivity index (χ1n) is 10.2. The molecule has 1 amide bonds. The SMILES string of the molecule is N#CCCN(Cc1cccnc1)C(=O)c1cc(-c2ccccc2F)nn1-c1ccccc1Cl. The van der Waals surface area contributed by atoms with E-state index in [4.69, 9.17) is 16.9 Å². The van der Waals surface area contributed by atoms with Crippen molar-refractivity contribution in [3.8, 4) is 23.0 Å². The van der Waals surface area contributed by atoms with Gasteiger partial charge in [0.25, 0.3) is 5.91 Å². The lowest BCUT2D eigenvalue weighted by atomic mass is 10.1. The van der Waals surface area contributed by atoms with Crippen LogP contribution in [0.25, 0.3) is 16.9 Å². The van der Waals surface area contributed by atoms with Crippen LogP contribution < -0.4 is 0 Å². The van der Waals surface area contributed by atoms with Crippen LogP contribution in [0.1, 0.15) is 22.5 Å². The average Bonchev–Trinajstić information content (AvgIpc) is 3.27. The molecule has 6 nitrogen and oxygen atoms in total. The third-order valence-electron chi connectivity index (χ3n) is 5.04. The molecule has 2 aromatic carbocycles. The molecule has 8 heteroatoms. The van der Waals surface area contributed by atoms with Crippen molar-refractivity contribution >= 4 is 17.5 Å². The van der Waals surface area contributed by atoms with Crippen LogP contribution >= 0.6 is 11.6 Å². The van der Waals surface area contributed by atoms with E-state index in [9.17, 15) is 9.18 Å². The van der Waals surface area contributed by atoms with Crippen LogP contribution in [0.4, 0.5) is 4.39 Å². The largest absolute Gasteiger partial charge is 0.332 e. The van der Waals surface area contributed by atoms with Crippen molar-refractivity contribution < 1.29 is 9.18 Å². The maximum atomic E-state index is 14.5. The Balaban J connectivity index is 1.81. The number of carbonyl (C=O) groups is 1. The van der Waals surface area contributed by atoms with Gasteiger partial charge in [0.15, 0.2) is 0 Å². The van der Waals surface area contributed by atoms with Crippen LogP contribution in [-0.4, -0.2) is 32.1 Å². The molecule has 0 fully saturated rings. The highest BCUT2D eigenvalue weighted by molar-refractivity contribution is 6.32. The Bertz CT molecular complexity index is 1320. The molecule has 0 aliphatic rings. The number of nitrogens with zero attached hydrogens (tertiary/aromatic N) is 5. The van der Waals surface area contributed by atoms with Crippen molar-refractivity contribution in [3.63, 3.8) is 0 Å². The first-order valence-corrected chi connectivity index (χ1v) is 10.6. The zero-order chi connectivity index (χ0) is 23.2. The second kappa shape index (κ2) is 10.1. The molecule has 0 atom stereocenters. The molecule has 0 radical (unpaired) electrons. The molecule has 2 heterocycles. The van der Waals surface area contributed by atoms with E-state index in [1.54, 1.807) is 71.9 Å². The summed E-state index contributed by atoms with van der Waals surface area (Å²) in [6, 6.07) is 20.5. The molecular weight excluding hydrogens is 441 g/mol. The van der Waals surface area contributed by atoms with Crippen molar-refractivity contribution in [1.82, 2.24) is 19.7 Å². The molecule has 4 aromatic rings. The van der Waals surface area contributed by atoms with E-state index >= 15 is 0 Å². The smallest absolute Gasteiger partial charge is 0.272 e. The summed E-state index contributed by atoms with van der Waals surface area (Å²) < 4.78 is 15.9. The van der Waals surface area contributed by atoms with Gasteiger partial charge in [-0.2, -0.15) is 10.4 Å². The van der Waals surface area contributed by atoms with E-state index in [0.717, 1.165) is 5.56 Å². The monoisotopic (exact) mass is 459 g/mol. The Hall–Kier alpha value is -4.02. The fourth-order valence-electron chi connectivity index (χ4n) is 3.45.